The van der Waals surface area contributed by atoms with Gasteiger partial charge in [0, 0.05) is 18.8 Å². The normalized spacial score (nSPS) is 28.5. The van der Waals surface area contributed by atoms with Gasteiger partial charge in [-0.15, -0.1) is 0 Å². The molecule has 1 saturated carbocycles. The van der Waals surface area contributed by atoms with Crippen LogP contribution in [-0.2, 0) is 11.3 Å². The largest absolute Gasteiger partial charge is 0.503 e. The van der Waals surface area contributed by atoms with Crippen molar-refractivity contribution in [3.05, 3.63) is 27.7 Å². The molecule has 4 rings (SSSR count). The summed E-state index contributed by atoms with van der Waals surface area (Å²) in [6.07, 6.45) is 4.41. The van der Waals surface area contributed by atoms with Gasteiger partial charge in [-0.2, -0.15) is 0 Å². The number of fused-ring (bicyclic) bond motifs is 6. The van der Waals surface area contributed by atoms with Gasteiger partial charge in [-0.25, -0.2) is 4.79 Å². The first kappa shape index (κ1) is 13.4. The van der Waals surface area contributed by atoms with Crippen LogP contribution >= 0.6 is 0 Å². The minimum atomic E-state index is -0.853. The van der Waals surface area contributed by atoms with Gasteiger partial charge >= 0.3 is 5.97 Å². The van der Waals surface area contributed by atoms with Gasteiger partial charge in [-0.3, -0.25) is 9.59 Å². The van der Waals surface area contributed by atoms with Gasteiger partial charge in [0.25, 0.3) is 5.91 Å². The smallest absolute Gasteiger partial charge is 0.343 e. The van der Waals surface area contributed by atoms with Gasteiger partial charge < -0.3 is 19.3 Å². The molecule has 7 heteroatoms. The van der Waals surface area contributed by atoms with Gasteiger partial charge in [0.1, 0.15) is 5.56 Å². The van der Waals surface area contributed by atoms with Crippen LogP contribution in [0.1, 0.15) is 40.1 Å². The number of amides is 1. The van der Waals surface area contributed by atoms with Crippen molar-refractivity contribution in [2.24, 2.45) is 5.92 Å². The number of aromatic hydroxyl groups is 1. The van der Waals surface area contributed by atoms with Crippen LogP contribution in [0.25, 0.3) is 0 Å². The van der Waals surface area contributed by atoms with E-state index < -0.39 is 17.1 Å². The molecule has 1 N–H and O–H groups in total. The summed E-state index contributed by atoms with van der Waals surface area (Å²) in [5.74, 6) is -1.31. The molecule has 3 aliphatic rings. The zero-order chi connectivity index (χ0) is 15.6. The molecule has 116 valence electrons. The number of ether oxygens (including phenoxy) is 1. The minimum absolute atomic E-state index is 0.0125. The van der Waals surface area contributed by atoms with E-state index in [0.717, 1.165) is 19.3 Å². The van der Waals surface area contributed by atoms with Crippen LogP contribution in [0.4, 0.5) is 0 Å². The first-order valence-corrected chi connectivity index (χ1v) is 7.40. The van der Waals surface area contributed by atoms with Gasteiger partial charge in [0.2, 0.25) is 5.43 Å². The van der Waals surface area contributed by atoms with E-state index in [-0.39, 0.29) is 29.2 Å². The van der Waals surface area contributed by atoms with E-state index in [1.807, 2.05) is 4.90 Å². The number of carbonyl (C=O) groups is 2. The van der Waals surface area contributed by atoms with Gasteiger partial charge in [0.05, 0.1) is 13.2 Å². The molecule has 0 spiro atoms. The van der Waals surface area contributed by atoms with E-state index in [1.165, 1.54) is 17.9 Å². The number of nitrogens with zero attached hydrogens (tertiary/aromatic N) is 2. The van der Waals surface area contributed by atoms with Crippen molar-refractivity contribution in [2.75, 3.05) is 7.11 Å². The Balaban J connectivity index is 1.87. The Kier molecular flexibility index (Phi) is 2.64. The molecule has 0 aromatic carbocycles. The lowest BCUT2D eigenvalue weighted by Crippen LogP contribution is -2.52. The second-order valence-corrected chi connectivity index (χ2v) is 6.22. The van der Waals surface area contributed by atoms with Crippen LogP contribution in [-0.4, -0.2) is 45.6 Å². The minimum Gasteiger partial charge on any atom is -0.503 e. The Morgan fingerprint density at radius 2 is 2.14 bits per heavy atom. The maximum Gasteiger partial charge on any atom is 0.343 e. The van der Waals surface area contributed by atoms with Gasteiger partial charge in [0.15, 0.2) is 11.4 Å². The van der Waals surface area contributed by atoms with Crippen molar-refractivity contribution < 1.29 is 19.4 Å². The summed E-state index contributed by atoms with van der Waals surface area (Å²) in [4.78, 5) is 38.3. The highest BCUT2D eigenvalue weighted by Gasteiger charge is 2.51. The molecule has 1 amide bonds. The molecule has 7 nitrogen and oxygen atoms in total. The maximum absolute atomic E-state index is 12.7. The number of pyridine rings is 1. The molecular formula is C15H16N2O5. The van der Waals surface area contributed by atoms with Crippen LogP contribution in [0.5, 0.6) is 5.75 Å². The number of rotatable bonds is 1. The molecule has 1 aliphatic carbocycles. The summed E-state index contributed by atoms with van der Waals surface area (Å²) in [6.45, 7) is 0.500. The summed E-state index contributed by atoms with van der Waals surface area (Å²) in [6, 6.07) is 0.303. The van der Waals surface area contributed by atoms with Crippen molar-refractivity contribution in [1.29, 1.82) is 0 Å². The van der Waals surface area contributed by atoms with Gasteiger partial charge in [-0.1, -0.05) is 0 Å². The van der Waals surface area contributed by atoms with E-state index in [2.05, 4.69) is 4.74 Å². The second-order valence-electron chi connectivity index (χ2n) is 6.22. The number of hydrogen-bond acceptors (Lipinski definition) is 5. The van der Waals surface area contributed by atoms with Crippen molar-refractivity contribution in [3.63, 3.8) is 0 Å². The van der Waals surface area contributed by atoms with Crippen LogP contribution in [0.2, 0.25) is 0 Å². The topological polar surface area (TPSA) is 88.8 Å². The zero-order valence-electron chi connectivity index (χ0n) is 12.1. The highest BCUT2D eigenvalue weighted by atomic mass is 16.5. The molecule has 2 aliphatic heterocycles. The van der Waals surface area contributed by atoms with E-state index in [1.54, 1.807) is 0 Å². The van der Waals surface area contributed by atoms with Crippen molar-refractivity contribution >= 4 is 11.9 Å². The van der Waals surface area contributed by atoms with Gasteiger partial charge in [-0.05, 0) is 25.2 Å². The first-order chi connectivity index (χ1) is 10.5. The molecule has 2 bridgehead atoms. The molecule has 2 fully saturated rings. The molecule has 1 aromatic heterocycles. The quantitative estimate of drug-likeness (QED) is 0.756. The first-order valence-electron chi connectivity index (χ1n) is 7.40. The summed E-state index contributed by atoms with van der Waals surface area (Å²) in [5, 5.41) is 10.1. The summed E-state index contributed by atoms with van der Waals surface area (Å²) >= 11 is 0. The third-order valence-electron chi connectivity index (χ3n) is 5.22. The second kappa shape index (κ2) is 4.34. The lowest BCUT2D eigenvalue weighted by atomic mass is 9.96. The molecule has 3 atom stereocenters. The average Bonchev–Trinajstić information content (AvgIpc) is 3.11. The lowest BCUT2D eigenvalue weighted by Gasteiger charge is -2.40. The van der Waals surface area contributed by atoms with Crippen LogP contribution in [0.15, 0.2) is 11.0 Å². The Labute approximate surface area is 126 Å². The van der Waals surface area contributed by atoms with Crippen molar-refractivity contribution in [2.45, 2.75) is 37.9 Å². The number of esters is 1. The standard InChI is InChI=1S/C15H16N2O5/c1-22-15(21)9-5-16-6-10-7-2-3-8(4-7)17(10)14(20)11(16)13(19)12(9)18/h5,7-8,10,19H,2-4,6H2,1H3/t7-,8+,10+/m1/s1. The zero-order valence-corrected chi connectivity index (χ0v) is 12.1. The Morgan fingerprint density at radius 3 is 2.86 bits per heavy atom. The average molecular weight is 304 g/mol. The van der Waals surface area contributed by atoms with E-state index in [4.69, 9.17) is 0 Å². The predicted molar refractivity (Wildman–Crippen MR) is 74.8 cm³/mol. The number of aromatic nitrogens is 1. The number of carbonyl (C=O) groups excluding carboxylic acids is 2. The summed E-state index contributed by atoms with van der Waals surface area (Å²) < 4.78 is 6.10. The fourth-order valence-electron chi connectivity index (χ4n) is 4.24. The third-order valence-corrected chi connectivity index (χ3v) is 5.22. The Morgan fingerprint density at radius 1 is 1.36 bits per heavy atom. The molecule has 1 saturated heterocycles. The molecule has 3 heterocycles. The van der Waals surface area contributed by atoms with Crippen LogP contribution in [0, 0.1) is 5.92 Å². The Bertz CT molecular complexity index is 753. The highest BCUT2D eigenvalue weighted by Crippen LogP contribution is 2.45. The molecular weight excluding hydrogens is 288 g/mol. The number of hydrogen-bond donors (Lipinski definition) is 1. The summed E-state index contributed by atoms with van der Waals surface area (Å²) in [5.41, 5.74) is -1.11. The molecule has 1 aromatic rings. The molecule has 0 radical (unpaired) electrons. The van der Waals surface area contributed by atoms with Crippen LogP contribution in [0.3, 0.4) is 0 Å². The monoisotopic (exact) mass is 304 g/mol. The van der Waals surface area contributed by atoms with Crippen molar-refractivity contribution in [1.82, 2.24) is 9.47 Å². The fraction of sp³-hybridized carbons (Fsp3) is 0.533. The van der Waals surface area contributed by atoms with E-state index in [0.29, 0.717) is 12.5 Å². The molecule has 0 unspecified atom stereocenters. The number of methoxy groups -OCH3 is 1. The van der Waals surface area contributed by atoms with Crippen molar-refractivity contribution in [3.8, 4) is 5.75 Å². The fourth-order valence-corrected chi connectivity index (χ4v) is 4.24. The maximum atomic E-state index is 12.7. The van der Waals surface area contributed by atoms with E-state index >= 15 is 0 Å². The summed E-state index contributed by atoms with van der Waals surface area (Å²) in [7, 11) is 1.17. The van der Waals surface area contributed by atoms with Crippen LogP contribution < -0.4 is 5.43 Å². The lowest BCUT2D eigenvalue weighted by molar-refractivity contribution is 0.0476. The SMILES string of the molecule is COC(=O)c1cn2c(c(O)c1=O)C(=O)N1[C@H]3CC[C@H](C3)[C@@H]1C2. The number of piperidine rings is 1. The predicted octanol–water partition coefficient (Wildman–Crippen LogP) is 0.347. The van der Waals surface area contributed by atoms with E-state index in [9.17, 15) is 19.5 Å². The third kappa shape index (κ3) is 1.53. The Hall–Kier alpha value is -2.31. The highest BCUT2D eigenvalue weighted by molar-refractivity contribution is 5.98. The molecule has 22 heavy (non-hydrogen) atoms.